The number of ether oxygens (including phenoxy) is 1. The lowest BCUT2D eigenvalue weighted by atomic mass is 10.1. The molecule has 1 aromatic heterocycles. The molecular formula is C19H15BrN2O3. The number of esters is 1. The molecule has 0 aliphatic rings. The molecule has 6 heteroatoms. The molecule has 1 heterocycles. The standard InChI is InChI=1S/C19H15BrN2O3/c1-12-10-14(13-6-2-4-8-16(13)21-12)19(24)25-11-18(23)22-17-9-5-3-7-15(17)20/h2-10H,11H2,1H3,(H,22,23). The minimum Gasteiger partial charge on any atom is -0.452 e. The van der Waals surface area contributed by atoms with Crippen LogP contribution in [-0.4, -0.2) is 23.5 Å². The Labute approximate surface area is 153 Å². The van der Waals surface area contributed by atoms with Crippen LogP contribution in [0.1, 0.15) is 16.1 Å². The fraction of sp³-hybridized carbons (Fsp3) is 0.105. The first-order valence-electron chi connectivity index (χ1n) is 7.62. The second-order valence-electron chi connectivity index (χ2n) is 5.43. The molecule has 0 aliphatic heterocycles. The van der Waals surface area contributed by atoms with Crippen LogP contribution in [0.25, 0.3) is 10.9 Å². The van der Waals surface area contributed by atoms with E-state index in [9.17, 15) is 9.59 Å². The lowest BCUT2D eigenvalue weighted by Crippen LogP contribution is -2.21. The van der Waals surface area contributed by atoms with Gasteiger partial charge in [-0.05, 0) is 47.1 Å². The van der Waals surface area contributed by atoms with Gasteiger partial charge in [-0.1, -0.05) is 30.3 Å². The van der Waals surface area contributed by atoms with Gasteiger partial charge in [0.15, 0.2) is 6.61 Å². The van der Waals surface area contributed by atoms with Crippen molar-refractivity contribution in [2.24, 2.45) is 0 Å². The third-order valence-electron chi connectivity index (χ3n) is 3.55. The number of rotatable bonds is 4. The topological polar surface area (TPSA) is 68.3 Å². The Bertz CT molecular complexity index is 956. The van der Waals surface area contributed by atoms with Gasteiger partial charge in [-0.15, -0.1) is 0 Å². The van der Waals surface area contributed by atoms with Gasteiger partial charge in [0.2, 0.25) is 0 Å². The number of aromatic nitrogens is 1. The zero-order valence-corrected chi connectivity index (χ0v) is 15.0. The molecule has 0 atom stereocenters. The molecular weight excluding hydrogens is 384 g/mol. The first kappa shape index (κ1) is 17.1. The number of hydrogen-bond acceptors (Lipinski definition) is 4. The summed E-state index contributed by atoms with van der Waals surface area (Å²) in [6, 6.07) is 16.2. The molecule has 0 saturated heterocycles. The smallest absolute Gasteiger partial charge is 0.339 e. The summed E-state index contributed by atoms with van der Waals surface area (Å²) in [7, 11) is 0. The summed E-state index contributed by atoms with van der Waals surface area (Å²) in [5.41, 5.74) is 2.45. The van der Waals surface area contributed by atoms with Crippen molar-refractivity contribution in [3.8, 4) is 0 Å². The van der Waals surface area contributed by atoms with Gasteiger partial charge >= 0.3 is 5.97 Å². The van der Waals surface area contributed by atoms with Crippen LogP contribution in [-0.2, 0) is 9.53 Å². The average Bonchev–Trinajstić information content (AvgIpc) is 2.61. The van der Waals surface area contributed by atoms with Crippen LogP contribution >= 0.6 is 15.9 Å². The zero-order valence-electron chi connectivity index (χ0n) is 13.5. The average molecular weight is 399 g/mol. The number of amides is 1. The van der Waals surface area contributed by atoms with Crippen LogP contribution in [0, 0.1) is 6.92 Å². The van der Waals surface area contributed by atoms with Crippen molar-refractivity contribution >= 4 is 44.4 Å². The minimum atomic E-state index is -0.552. The molecule has 25 heavy (non-hydrogen) atoms. The predicted molar refractivity (Wildman–Crippen MR) is 99.5 cm³/mol. The highest BCUT2D eigenvalue weighted by Gasteiger charge is 2.15. The third-order valence-corrected chi connectivity index (χ3v) is 4.24. The largest absolute Gasteiger partial charge is 0.452 e. The number of carbonyl (C=O) groups excluding carboxylic acids is 2. The molecule has 1 amide bonds. The van der Waals surface area contributed by atoms with Gasteiger partial charge in [0, 0.05) is 15.6 Å². The number of pyridine rings is 1. The number of halogens is 1. The Morgan fingerprint density at radius 1 is 1.12 bits per heavy atom. The monoisotopic (exact) mass is 398 g/mol. The van der Waals surface area contributed by atoms with E-state index in [2.05, 4.69) is 26.2 Å². The number of anilines is 1. The van der Waals surface area contributed by atoms with Crippen LogP contribution in [0.4, 0.5) is 5.69 Å². The van der Waals surface area contributed by atoms with E-state index in [-0.39, 0.29) is 6.61 Å². The second kappa shape index (κ2) is 7.44. The van der Waals surface area contributed by atoms with Crippen molar-refractivity contribution in [3.63, 3.8) is 0 Å². The summed E-state index contributed by atoms with van der Waals surface area (Å²) in [5.74, 6) is -0.959. The highest BCUT2D eigenvalue weighted by molar-refractivity contribution is 9.10. The molecule has 0 aliphatic carbocycles. The van der Waals surface area contributed by atoms with Crippen molar-refractivity contribution in [2.45, 2.75) is 6.92 Å². The highest BCUT2D eigenvalue weighted by Crippen LogP contribution is 2.21. The van der Waals surface area contributed by atoms with Crippen LogP contribution < -0.4 is 5.32 Å². The van der Waals surface area contributed by atoms with Crippen molar-refractivity contribution in [1.29, 1.82) is 0 Å². The van der Waals surface area contributed by atoms with Gasteiger partial charge in [0.1, 0.15) is 0 Å². The van der Waals surface area contributed by atoms with Crippen molar-refractivity contribution < 1.29 is 14.3 Å². The maximum Gasteiger partial charge on any atom is 0.339 e. The Morgan fingerprint density at radius 2 is 1.84 bits per heavy atom. The Kier molecular flexibility index (Phi) is 5.09. The number of nitrogens with zero attached hydrogens (tertiary/aromatic N) is 1. The normalized spacial score (nSPS) is 10.5. The molecule has 5 nitrogen and oxygen atoms in total. The van der Waals surface area contributed by atoms with Gasteiger partial charge < -0.3 is 10.1 Å². The number of aryl methyl sites for hydroxylation is 1. The van der Waals surface area contributed by atoms with E-state index in [1.165, 1.54) is 0 Å². The lowest BCUT2D eigenvalue weighted by molar-refractivity contribution is -0.119. The van der Waals surface area contributed by atoms with Gasteiger partial charge in [0.05, 0.1) is 16.8 Å². The van der Waals surface area contributed by atoms with Crippen LogP contribution in [0.3, 0.4) is 0 Å². The minimum absolute atomic E-state index is 0.365. The SMILES string of the molecule is Cc1cc(C(=O)OCC(=O)Nc2ccccc2Br)c2ccccc2n1. The fourth-order valence-electron chi connectivity index (χ4n) is 2.43. The van der Waals surface area contributed by atoms with Gasteiger partial charge in [-0.2, -0.15) is 0 Å². The molecule has 0 fully saturated rings. The lowest BCUT2D eigenvalue weighted by Gasteiger charge is -2.10. The molecule has 0 saturated carbocycles. The van der Waals surface area contributed by atoms with E-state index in [1.807, 2.05) is 37.3 Å². The van der Waals surface area contributed by atoms with Crippen LogP contribution in [0.2, 0.25) is 0 Å². The second-order valence-corrected chi connectivity index (χ2v) is 6.29. The Morgan fingerprint density at radius 3 is 2.64 bits per heavy atom. The molecule has 0 spiro atoms. The molecule has 3 aromatic rings. The number of carbonyl (C=O) groups is 2. The quantitative estimate of drug-likeness (QED) is 0.671. The van der Waals surface area contributed by atoms with Crippen LogP contribution in [0.15, 0.2) is 59.1 Å². The zero-order chi connectivity index (χ0) is 17.8. The van der Waals surface area contributed by atoms with Crippen molar-refractivity contribution in [3.05, 3.63) is 70.3 Å². The molecule has 2 aromatic carbocycles. The van der Waals surface area contributed by atoms with E-state index in [4.69, 9.17) is 4.74 Å². The summed E-state index contributed by atoms with van der Waals surface area (Å²) >= 11 is 3.35. The van der Waals surface area contributed by atoms with E-state index < -0.39 is 11.9 Å². The van der Waals surface area contributed by atoms with Gasteiger partial charge in [0.25, 0.3) is 5.91 Å². The Hall–Kier alpha value is -2.73. The predicted octanol–water partition coefficient (Wildman–Crippen LogP) is 4.10. The number of fused-ring (bicyclic) bond motifs is 1. The van der Waals surface area contributed by atoms with E-state index in [0.29, 0.717) is 27.8 Å². The number of hydrogen-bond donors (Lipinski definition) is 1. The molecule has 0 radical (unpaired) electrons. The Balaban J connectivity index is 1.71. The summed E-state index contributed by atoms with van der Waals surface area (Å²) in [4.78, 5) is 28.8. The summed E-state index contributed by atoms with van der Waals surface area (Å²) < 4.78 is 5.93. The molecule has 126 valence electrons. The van der Waals surface area contributed by atoms with Crippen molar-refractivity contribution in [1.82, 2.24) is 4.98 Å². The van der Waals surface area contributed by atoms with E-state index in [1.54, 1.807) is 24.3 Å². The molecule has 1 N–H and O–H groups in total. The van der Waals surface area contributed by atoms with Gasteiger partial charge in [-0.25, -0.2) is 4.79 Å². The van der Waals surface area contributed by atoms with Crippen LogP contribution in [0.5, 0.6) is 0 Å². The van der Waals surface area contributed by atoms with Gasteiger partial charge in [-0.3, -0.25) is 9.78 Å². The summed E-state index contributed by atoms with van der Waals surface area (Å²) in [6.07, 6.45) is 0. The van der Waals surface area contributed by atoms with Crippen molar-refractivity contribution in [2.75, 3.05) is 11.9 Å². The summed E-state index contributed by atoms with van der Waals surface area (Å²) in [6.45, 7) is 1.44. The molecule has 0 bridgehead atoms. The maximum atomic E-state index is 12.4. The maximum absolute atomic E-state index is 12.4. The first-order valence-corrected chi connectivity index (χ1v) is 8.42. The number of para-hydroxylation sites is 2. The fourth-order valence-corrected chi connectivity index (χ4v) is 2.82. The highest BCUT2D eigenvalue weighted by atomic mass is 79.9. The number of nitrogens with one attached hydrogen (secondary N) is 1. The summed E-state index contributed by atoms with van der Waals surface area (Å²) in [5, 5.41) is 3.39. The first-order chi connectivity index (χ1) is 12.0. The molecule has 3 rings (SSSR count). The van der Waals surface area contributed by atoms with E-state index >= 15 is 0 Å². The number of benzene rings is 2. The third kappa shape index (κ3) is 4.03. The van der Waals surface area contributed by atoms with E-state index in [0.717, 1.165) is 4.47 Å². The molecule has 0 unspecified atom stereocenters.